The van der Waals surface area contributed by atoms with E-state index in [1.165, 1.54) is 26.2 Å². The molecule has 0 unspecified atom stereocenters. The average Bonchev–Trinajstić information content (AvgIpc) is 2.59. The summed E-state index contributed by atoms with van der Waals surface area (Å²) in [7, 11) is -3.00. The molecule has 0 saturated carbocycles. The lowest BCUT2D eigenvalue weighted by Gasteiger charge is -2.20. The summed E-state index contributed by atoms with van der Waals surface area (Å²) >= 11 is 0. The number of sulfonamides is 2. The van der Waals surface area contributed by atoms with E-state index in [-0.39, 0.29) is 9.79 Å². The molecular weight excluding hydrogens is 412 g/mol. The Kier molecular flexibility index (Phi) is 6.81. The van der Waals surface area contributed by atoms with Gasteiger partial charge in [-0.15, -0.1) is 7.42 Å². The molecule has 0 radical (unpaired) electrons. The van der Waals surface area contributed by atoms with Crippen LogP contribution in [0.15, 0.2) is 58.3 Å². The topological polar surface area (TPSA) is 74.8 Å². The second-order valence-electron chi connectivity index (χ2n) is 5.61. The standard InChI is InChI=1S/C16H20N2O4S4/c1-13-7-5-9-15(11-13)25(19,20)17(3)23-24-18(4)26(21,22)16-10-6-8-14(2)12-16/h5-12H,1-4H3. The van der Waals surface area contributed by atoms with Gasteiger partial charge in [0.2, 0.25) is 0 Å². The minimum absolute atomic E-state index is 0.164. The summed E-state index contributed by atoms with van der Waals surface area (Å²) in [5, 5.41) is 0. The first kappa shape index (κ1) is 21.3. The van der Waals surface area contributed by atoms with Crippen LogP contribution in [0.4, 0.5) is 0 Å². The molecule has 0 aromatic heterocycles. The van der Waals surface area contributed by atoms with E-state index in [1.54, 1.807) is 24.3 Å². The third kappa shape index (κ3) is 4.81. The normalized spacial score (nSPS) is 12.7. The van der Waals surface area contributed by atoms with E-state index in [4.69, 9.17) is 0 Å². The van der Waals surface area contributed by atoms with Crippen molar-refractivity contribution in [1.82, 2.24) is 7.42 Å². The second kappa shape index (κ2) is 8.32. The SMILES string of the molecule is Cc1cccc(S(=O)(=O)N(C)SSN(C)S(=O)(=O)c2cccc(C)c2)c1. The maximum Gasteiger partial charge on any atom is 0.252 e. The average molecular weight is 433 g/mol. The first-order chi connectivity index (χ1) is 12.0. The van der Waals surface area contributed by atoms with Crippen LogP contribution in [0.2, 0.25) is 0 Å². The van der Waals surface area contributed by atoms with Gasteiger partial charge in [0, 0.05) is 36.1 Å². The molecule has 2 rings (SSSR count). The second-order valence-corrected chi connectivity index (χ2v) is 12.3. The lowest BCUT2D eigenvalue weighted by molar-refractivity contribution is 0.562. The lowest BCUT2D eigenvalue weighted by Crippen LogP contribution is -2.23. The Morgan fingerprint density at radius 2 is 1.04 bits per heavy atom. The molecular formula is C16H20N2O4S4. The summed E-state index contributed by atoms with van der Waals surface area (Å²) in [4.78, 5) is 0.328. The molecule has 142 valence electrons. The highest BCUT2D eigenvalue weighted by Crippen LogP contribution is 2.35. The van der Waals surface area contributed by atoms with Crippen molar-refractivity contribution in [2.75, 3.05) is 14.1 Å². The highest BCUT2D eigenvalue weighted by molar-refractivity contribution is 8.76. The Morgan fingerprint density at radius 1 is 0.692 bits per heavy atom. The quantitative estimate of drug-likeness (QED) is 0.493. The van der Waals surface area contributed by atoms with Crippen LogP contribution in [0.1, 0.15) is 11.1 Å². The van der Waals surface area contributed by atoms with Gasteiger partial charge >= 0.3 is 0 Å². The molecule has 0 saturated heterocycles. The fourth-order valence-electron chi connectivity index (χ4n) is 2.02. The summed E-state index contributed by atoms with van der Waals surface area (Å²) in [6.45, 7) is 3.62. The van der Waals surface area contributed by atoms with Gasteiger partial charge in [-0.05, 0) is 49.2 Å². The van der Waals surface area contributed by atoms with Gasteiger partial charge in [-0.25, -0.2) is 16.8 Å². The van der Waals surface area contributed by atoms with E-state index < -0.39 is 20.0 Å². The van der Waals surface area contributed by atoms with Gasteiger partial charge in [0.05, 0.1) is 9.79 Å². The van der Waals surface area contributed by atoms with Crippen LogP contribution >= 0.6 is 22.0 Å². The molecule has 2 aromatic carbocycles. The maximum atomic E-state index is 12.6. The number of hydrogen-bond donors (Lipinski definition) is 0. The summed E-state index contributed by atoms with van der Waals surface area (Å²) in [5.74, 6) is 0. The Balaban J connectivity index is 2.12. The monoisotopic (exact) mass is 432 g/mol. The highest BCUT2D eigenvalue weighted by atomic mass is 33.1. The van der Waals surface area contributed by atoms with Crippen LogP contribution in [0.5, 0.6) is 0 Å². The van der Waals surface area contributed by atoms with E-state index >= 15 is 0 Å². The zero-order valence-electron chi connectivity index (χ0n) is 14.8. The van der Waals surface area contributed by atoms with E-state index in [0.717, 1.165) is 40.5 Å². The third-order valence-electron chi connectivity index (χ3n) is 3.50. The van der Waals surface area contributed by atoms with E-state index in [2.05, 4.69) is 0 Å². The zero-order chi connectivity index (χ0) is 19.5. The lowest BCUT2D eigenvalue weighted by atomic mass is 10.2. The molecule has 0 fully saturated rings. The summed E-state index contributed by atoms with van der Waals surface area (Å²) in [5.41, 5.74) is 1.66. The molecule has 0 N–H and O–H groups in total. The van der Waals surface area contributed by atoms with Gasteiger partial charge in [-0.2, -0.15) is 0 Å². The third-order valence-corrected chi connectivity index (χ3v) is 10.8. The van der Waals surface area contributed by atoms with Crippen molar-refractivity contribution in [2.24, 2.45) is 0 Å². The molecule has 0 bridgehead atoms. The molecule has 0 aliphatic rings. The number of nitrogens with zero attached hydrogens (tertiary/aromatic N) is 2. The largest absolute Gasteiger partial charge is 0.252 e. The van der Waals surface area contributed by atoms with Gasteiger partial charge in [-0.1, -0.05) is 24.3 Å². The van der Waals surface area contributed by atoms with Crippen molar-refractivity contribution in [2.45, 2.75) is 23.6 Å². The fourth-order valence-corrected chi connectivity index (χ4v) is 7.63. The Morgan fingerprint density at radius 3 is 1.35 bits per heavy atom. The number of rotatable bonds is 7. The van der Waals surface area contributed by atoms with Crippen LogP contribution in [0.3, 0.4) is 0 Å². The van der Waals surface area contributed by atoms with E-state index in [0.29, 0.717) is 0 Å². The molecule has 2 aromatic rings. The molecule has 0 heterocycles. The minimum Gasteiger partial charge on any atom is -0.206 e. The Bertz CT molecular complexity index is 909. The molecule has 26 heavy (non-hydrogen) atoms. The number of aryl methyl sites for hydroxylation is 2. The van der Waals surface area contributed by atoms with Crippen molar-refractivity contribution in [3.63, 3.8) is 0 Å². The van der Waals surface area contributed by atoms with Gasteiger partial charge in [-0.3, -0.25) is 0 Å². The van der Waals surface area contributed by atoms with Gasteiger partial charge < -0.3 is 0 Å². The van der Waals surface area contributed by atoms with E-state index in [9.17, 15) is 16.8 Å². The first-order valence-corrected chi connectivity index (χ1v) is 12.5. The fraction of sp³-hybridized carbons (Fsp3) is 0.250. The van der Waals surface area contributed by atoms with Crippen LogP contribution in [-0.4, -0.2) is 38.4 Å². The molecule has 0 spiro atoms. The summed E-state index contributed by atoms with van der Waals surface area (Å²) in [6, 6.07) is 13.1. The molecule has 0 amide bonds. The van der Waals surface area contributed by atoms with Crippen molar-refractivity contribution >= 4 is 42.0 Å². The minimum atomic E-state index is -3.72. The number of hydrogen-bond acceptors (Lipinski definition) is 6. The van der Waals surface area contributed by atoms with Crippen molar-refractivity contribution in [1.29, 1.82) is 0 Å². The predicted molar refractivity (Wildman–Crippen MR) is 107 cm³/mol. The summed E-state index contributed by atoms with van der Waals surface area (Å²) < 4.78 is 52.4. The molecule has 10 heteroatoms. The van der Waals surface area contributed by atoms with Crippen LogP contribution in [0, 0.1) is 13.8 Å². The Hall–Kier alpha value is -1.04. The van der Waals surface area contributed by atoms with Gasteiger partial charge in [0.15, 0.2) is 0 Å². The van der Waals surface area contributed by atoms with Crippen LogP contribution < -0.4 is 0 Å². The Labute approximate surface area is 163 Å². The predicted octanol–water partition coefficient (Wildman–Crippen LogP) is 3.46. The van der Waals surface area contributed by atoms with Gasteiger partial charge in [0.25, 0.3) is 20.0 Å². The maximum absolute atomic E-state index is 12.6. The van der Waals surface area contributed by atoms with Crippen LogP contribution in [-0.2, 0) is 20.0 Å². The molecule has 6 nitrogen and oxygen atoms in total. The zero-order valence-corrected chi connectivity index (χ0v) is 18.0. The van der Waals surface area contributed by atoms with Crippen molar-refractivity contribution in [3.8, 4) is 0 Å². The summed E-state index contributed by atoms with van der Waals surface area (Å²) in [6.07, 6.45) is 0. The van der Waals surface area contributed by atoms with Crippen molar-refractivity contribution in [3.05, 3.63) is 59.7 Å². The molecule has 0 aliphatic carbocycles. The first-order valence-electron chi connectivity index (χ1n) is 7.51. The van der Waals surface area contributed by atoms with E-state index in [1.807, 2.05) is 26.0 Å². The molecule has 0 aliphatic heterocycles. The number of benzene rings is 2. The highest BCUT2D eigenvalue weighted by Gasteiger charge is 2.26. The van der Waals surface area contributed by atoms with Crippen LogP contribution in [0.25, 0.3) is 0 Å². The van der Waals surface area contributed by atoms with Gasteiger partial charge in [0.1, 0.15) is 0 Å². The smallest absolute Gasteiger partial charge is 0.206 e. The molecule has 0 atom stereocenters. The van der Waals surface area contributed by atoms with Crippen molar-refractivity contribution < 1.29 is 16.8 Å².